The van der Waals surface area contributed by atoms with Crippen LogP contribution in [0, 0.1) is 13.8 Å². The number of sulfonamides is 1. The lowest BCUT2D eigenvalue weighted by molar-refractivity contribution is 0.562. The molecule has 1 atom stereocenters. The molecule has 0 aliphatic rings. The molecule has 1 aromatic rings. The maximum Gasteiger partial charge on any atom is 0.212 e. The van der Waals surface area contributed by atoms with E-state index in [0.717, 1.165) is 35.1 Å². The van der Waals surface area contributed by atoms with Gasteiger partial charge in [-0.1, -0.05) is 6.92 Å². The van der Waals surface area contributed by atoms with Gasteiger partial charge in [-0.3, -0.25) is 0 Å². The van der Waals surface area contributed by atoms with E-state index >= 15 is 0 Å². The number of aryl methyl sites for hydroxylation is 2. The van der Waals surface area contributed by atoms with Crippen molar-refractivity contribution >= 4 is 21.4 Å². The highest BCUT2D eigenvalue weighted by Crippen LogP contribution is 2.24. The van der Waals surface area contributed by atoms with Crippen LogP contribution >= 0.6 is 11.3 Å². The van der Waals surface area contributed by atoms with Gasteiger partial charge in [0.15, 0.2) is 0 Å². The summed E-state index contributed by atoms with van der Waals surface area (Å²) in [6, 6.07) is -0.213. The van der Waals surface area contributed by atoms with Crippen LogP contribution in [0.25, 0.3) is 0 Å². The molecule has 0 saturated heterocycles. The fraction of sp³-hybridized carbons (Fsp3) is 0.769. The molecule has 20 heavy (non-hydrogen) atoms. The molecule has 1 aromatic heterocycles. The molecule has 5 nitrogen and oxygen atoms in total. The highest BCUT2D eigenvalue weighted by atomic mass is 32.2. The maximum atomic E-state index is 12.0. The van der Waals surface area contributed by atoms with Gasteiger partial charge >= 0.3 is 0 Å². The van der Waals surface area contributed by atoms with Crippen molar-refractivity contribution < 1.29 is 8.42 Å². The molecule has 0 fully saturated rings. The molecule has 0 aromatic carbocycles. The van der Waals surface area contributed by atoms with Crippen LogP contribution in [0.3, 0.4) is 0 Å². The normalized spacial score (nSPS) is 13.6. The van der Waals surface area contributed by atoms with Crippen molar-refractivity contribution in [2.75, 3.05) is 18.8 Å². The molecule has 116 valence electrons. The fourth-order valence-corrected chi connectivity index (χ4v) is 4.32. The average molecular weight is 319 g/mol. The van der Waals surface area contributed by atoms with Gasteiger partial charge in [0.1, 0.15) is 0 Å². The summed E-state index contributed by atoms with van der Waals surface area (Å²) in [5, 5.41) is 4.17. The van der Waals surface area contributed by atoms with Gasteiger partial charge in [-0.05, 0) is 46.7 Å². The lowest BCUT2D eigenvalue weighted by Gasteiger charge is -2.13. The van der Waals surface area contributed by atoms with Crippen molar-refractivity contribution in [3.8, 4) is 0 Å². The summed E-state index contributed by atoms with van der Waals surface area (Å²) >= 11 is 1.55. The van der Waals surface area contributed by atoms with Crippen molar-refractivity contribution in [2.45, 2.75) is 46.6 Å². The summed E-state index contributed by atoms with van der Waals surface area (Å²) in [6.45, 7) is 9.48. The first-order chi connectivity index (χ1) is 9.35. The Bertz CT molecular complexity index is 512. The van der Waals surface area contributed by atoms with E-state index < -0.39 is 10.0 Å². The number of hydrogen-bond acceptors (Lipinski definition) is 5. The van der Waals surface area contributed by atoms with Crippen molar-refractivity contribution in [2.24, 2.45) is 0 Å². The van der Waals surface area contributed by atoms with E-state index in [4.69, 9.17) is 0 Å². The zero-order valence-electron chi connectivity index (χ0n) is 12.7. The predicted octanol–water partition coefficient (Wildman–Crippen LogP) is 2.13. The van der Waals surface area contributed by atoms with Gasteiger partial charge in [-0.2, -0.15) is 0 Å². The minimum Gasteiger partial charge on any atom is -0.317 e. The van der Waals surface area contributed by atoms with Crippen LogP contribution in [0.15, 0.2) is 0 Å². The second-order valence-corrected chi connectivity index (χ2v) is 8.05. The van der Waals surface area contributed by atoms with Crippen LogP contribution in [0.5, 0.6) is 0 Å². The summed E-state index contributed by atoms with van der Waals surface area (Å²) in [5.41, 5.74) is 0.910. The molecule has 2 N–H and O–H groups in total. The zero-order valence-corrected chi connectivity index (χ0v) is 14.3. The van der Waals surface area contributed by atoms with Gasteiger partial charge in [-0.25, -0.2) is 18.1 Å². The van der Waals surface area contributed by atoms with E-state index in [1.54, 1.807) is 11.3 Å². The minimum atomic E-state index is -3.23. The Balaban J connectivity index is 2.47. The first-order valence-electron chi connectivity index (χ1n) is 7.00. The van der Waals surface area contributed by atoms with Crippen LogP contribution in [-0.2, 0) is 10.0 Å². The highest BCUT2D eigenvalue weighted by molar-refractivity contribution is 7.89. The van der Waals surface area contributed by atoms with E-state index in [9.17, 15) is 8.42 Å². The Morgan fingerprint density at radius 3 is 2.55 bits per heavy atom. The fourth-order valence-electron chi connectivity index (χ4n) is 2.02. The number of rotatable bonds is 9. The van der Waals surface area contributed by atoms with Gasteiger partial charge in [0.25, 0.3) is 0 Å². The monoisotopic (exact) mass is 319 g/mol. The summed E-state index contributed by atoms with van der Waals surface area (Å²) in [5.74, 6) is 0.158. The third-order valence-electron chi connectivity index (χ3n) is 2.88. The average Bonchev–Trinajstić information content (AvgIpc) is 2.67. The van der Waals surface area contributed by atoms with Crippen LogP contribution < -0.4 is 10.0 Å². The van der Waals surface area contributed by atoms with Crippen LogP contribution in [0.4, 0.5) is 0 Å². The standard InChI is InChI=1S/C13H25N3O2S2/c1-5-7-14-8-6-9-20(17,18)16-11(3)13-10(2)15-12(4)19-13/h11,14,16H,5-9H2,1-4H3. The van der Waals surface area contributed by atoms with E-state index in [1.165, 1.54) is 0 Å². The third-order valence-corrected chi connectivity index (χ3v) is 5.68. The summed E-state index contributed by atoms with van der Waals surface area (Å²) < 4.78 is 26.8. The first kappa shape index (κ1) is 17.6. The van der Waals surface area contributed by atoms with Crippen molar-refractivity contribution in [1.82, 2.24) is 15.0 Å². The number of hydrogen-bond donors (Lipinski definition) is 2. The smallest absolute Gasteiger partial charge is 0.212 e. The second-order valence-electron chi connectivity index (χ2n) is 4.94. The first-order valence-corrected chi connectivity index (χ1v) is 9.47. The van der Waals surface area contributed by atoms with Gasteiger partial charge < -0.3 is 5.32 Å². The molecule has 0 aliphatic carbocycles. The van der Waals surface area contributed by atoms with E-state index in [-0.39, 0.29) is 11.8 Å². The van der Waals surface area contributed by atoms with Gasteiger partial charge in [0.2, 0.25) is 10.0 Å². The molecule has 0 radical (unpaired) electrons. The highest BCUT2D eigenvalue weighted by Gasteiger charge is 2.19. The Morgan fingerprint density at radius 2 is 2.00 bits per heavy atom. The van der Waals surface area contributed by atoms with Crippen molar-refractivity contribution in [3.05, 3.63) is 15.6 Å². The van der Waals surface area contributed by atoms with Crippen LogP contribution in [0.2, 0.25) is 0 Å². The van der Waals surface area contributed by atoms with Crippen molar-refractivity contribution in [3.63, 3.8) is 0 Å². The lowest BCUT2D eigenvalue weighted by atomic mass is 10.2. The van der Waals surface area contributed by atoms with Crippen LogP contribution in [0.1, 0.15) is 48.3 Å². The Hall–Kier alpha value is -0.500. The molecule has 0 spiro atoms. The Labute approximate surface area is 126 Å². The van der Waals surface area contributed by atoms with E-state index in [1.807, 2.05) is 20.8 Å². The number of nitrogens with zero attached hydrogens (tertiary/aromatic N) is 1. The number of nitrogens with one attached hydrogen (secondary N) is 2. The third kappa shape index (κ3) is 5.87. The molecular weight excluding hydrogens is 294 g/mol. The van der Waals surface area contributed by atoms with Crippen LogP contribution in [-0.4, -0.2) is 32.2 Å². The summed E-state index contributed by atoms with van der Waals surface area (Å²) in [6.07, 6.45) is 1.69. The molecule has 0 bridgehead atoms. The quantitative estimate of drug-likeness (QED) is 0.684. The Kier molecular flexibility index (Phi) is 7.08. The van der Waals surface area contributed by atoms with Gasteiger partial charge in [0, 0.05) is 4.88 Å². The topological polar surface area (TPSA) is 71.1 Å². The summed E-state index contributed by atoms with van der Waals surface area (Å²) in [7, 11) is -3.23. The molecule has 1 unspecified atom stereocenters. The van der Waals surface area contributed by atoms with E-state index in [0.29, 0.717) is 6.42 Å². The zero-order chi connectivity index (χ0) is 15.2. The SMILES string of the molecule is CCCNCCCS(=O)(=O)NC(C)c1sc(C)nc1C. The molecule has 1 heterocycles. The van der Waals surface area contributed by atoms with Gasteiger partial charge in [-0.15, -0.1) is 11.3 Å². The molecule has 1 rings (SSSR count). The molecule has 0 amide bonds. The molecular formula is C13H25N3O2S2. The second kappa shape index (κ2) is 8.07. The molecule has 0 aliphatic heterocycles. The van der Waals surface area contributed by atoms with E-state index in [2.05, 4.69) is 21.9 Å². The predicted molar refractivity (Wildman–Crippen MR) is 84.7 cm³/mol. The maximum absolute atomic E-state index is 12.0. The van der Waals surface area contributed by atoms with Crippen molar-refractivity contribution in [1.29, 1.82) is 0 Å². The molecule has 7 heteroatoms. The number of thiazole rings is 1. The minimum absolute atomic E-state index is 0.158. The lowest BCUT2D eigenvalue weighted by Crippen LogP contribution is -2.30. The largest absolute Gasteiger partial charge is 0.317 e. The summed E-state index contributed by atoms with van der Waals surface area (Å²) in [4.78, 5) is 5.33. The number of aromatic nitrogens is 1. The molecule has 0 saturated carbocycles. The van der Waals surface area contributed by atoms with Gasteiger partial charge in [0.05, 0.1) is 22.5 Å². The Morgan fingerprint density at radius 1 is 1.30 bits per heavy atom.